The van der Waals surface area contributed by atoms with Gasteiger partial charge < -0.3 is 14.5 Å². The van der Waals surface area contributed by atoms with Crippen molar-refractivity contribution in [3.05, 3.63) is 0 Å². The van der Waals surface area contributed by atoms with Gasteiger partial charge in [-0.05, 0) is 12.3 Å². The summed E-state index contributed by atoms with van der Waals surface area (Å²) in [5.74, 6) is 0.414. The van der Waals surface area contributed by atoms with Crippen molar-refractivity contribution in [3.8, 4) is 0 Å². The number of hydrogen-bond acceptors (Lipinski definition) is 3. The van der Waals surface area contributed by atoms with Crippen molar-refractivity contribution in [2.24, 2.45) is 11.3 Å². The normalized spacial score (nSPS) is 32.9. The van der Waals surface area contributed by atoms with Gasteiger partial charge in [0.05, 0.1) is 5.41 Å². The monoisotopic (exact) mass is 240 g/mol. The van der Waals surface area contributed by atoms with Gasteiger partial charge in [-0.1, -0.05) is 6.92 Å². The molecule has 0 aromatic carbocycles. The predicted molar refractivity (Wildman–Crippen MR) is 62.3 cm³/mol. The summed E-state index contributed by atoms with van der Waals surface area (Å²) in [6.45, 7) is 4.20. The van der Waals surface area contributed by atoms with E-state index in [0.29, 0.717) is 13.1 Å². The molecule has 0 radical (unpaired) electrons. The van der Waals surface area contributed by atoms with Crippen LogP contribution in [0.3, 0.4) is 0 Å². The van der Waals surface area contributed by atoms with Crippen LogP contribution in [0.15, 0.2) is 0 Å². The Labute approximate surface area is 102 Å². The maximum absolute atomic E-state index is 12.2. The van der Waals surface area contributed by atoms with Crippen molar-refractivity contribution in [1.29, 1.82) is 0 Å². The van der Waals surface area contributed by atoms with Crippen LogP contribution >= 0.6 is 0 Å². The Hall–Kier alpha value is -1.10. The van der Waals surface area contributed by atoms with Crippen LogP contribution < -0.4 is 0 Å². The van der Waals surface area contributed by atoms with Gasteiger partial charge in [-0.15, -0.1) is 0 Å². The third kappa shape index (κ3) is 1.82. The minimum atomic E-state index is -0.335. The van der Waals surface area contributed by atoms with Crippen LogP contribution in [0.4, 0.5) is 0 Å². The largest absolute Gasteiger partial charge is 0.375 e. The molecular formula is C12H20N2O3. The molecule has 0 aliphatic carbocycles. The average Bonchev–Trinajstić information content (AvgIpc) is 2.77. The van der Waals surface area contributed by atoms with Crippen molar-refractivity contribution in [2.75, 3.05) is 40.4 Å². The van der Waals surface area contributed by atoms with Crippen LogP contribution in [0.5, 0.6) is 0 Å². The number of amides is 2. The topological polar surface area (TPSA) is 49.9 Å². The zero-order valence-corrected chi connectivity index (χ0v) is 10.7. The Kier molecular flexibility index (Phi) is 3.12. The Morgan fingerprint density at radius 2 is 2.29 bits per heavy atom. The smallest absolute Gasteiger partial charge is 0.248 e. The Balaban J connectivity index is 2.12. The number of likely N-dealkylation sites (tertiary alicyclic amines) is 2. The molecule has 0 aromatic rings. The first-order valence-corrected chi connectivity index (χ1v) is 6.03. The summed E-state index contributed by atoms with van der Waals surface area (Å²) in [4.78, 5) is 27.6. The number of carbonyl (C=O) groups is 2. The molecule has 0 bridgehead atoms. The molecule has 2 atom stereocenters. The molecule has 2 aliphatic rings. The third-order valence-corrected chi connectivity index (χ3v) is 4.20. The van der Waals surface area contributed by atoms with Crippen molar-refractivity contribution in [3.63, 3.8) is 0 Å². The Morgan fingerprint density at radius 1 is 1.59 bits per heavy atom. The zero-order chi connectivity index (χ0) is 12.6. The number of rotatable bonds is 2. The van der Waals surface area contributed by atoms with Crippen molar-refractivity contribution in [1.82, 2.24) is 9.80 Å². The highest BCUT2D eigenvalue weighted by atomic mass is 16.5. The first-order valence-electron chi connectivity index (χ1n) is 6.03. The van der Waals surface area contributed by atoms with E-state index in [1.165, 1.54) is 7.11 Å². The molecule has 17 heavy (non-hydrogen) atoms. The zero-order valence-electron chi connectivity index (χ0n) is 10.7. The maximum Gasteiger partial charge on any atom is 0.248 e. The fourth-order valence-corrected chi connectivity index (χ4v) is 3.03. The number of nitrogens with zero attached hydrogens (tertiary/aromatic N) is 2. The number of methoxy groups -OCH3 is 1. The maximum atomic E-state index is 12.2. The summed E-state index contributed by atoms with van der Waals surface area (Å²) in [5.41, 5.74) is -0.335. The van der Waals surface area contributed by atoms with Gasteiger partial charge in [0.15, 0.2) is 0 Å². The first-order chi connectivity index (χ1) is 8.01. The fraction of sp³-hybridized carbons (Fsp3) is 0.833. The van der Waals surface area contributed by atoms with Gasteiger partial charge >= 0.3 is 0 Å². The van der Waals surface area contributed by atoms with Crippen LogP contribution in [0.2, 0.25) is 0 Å². The average molecular weight is 240 g/mol. The van der Waals surface area contributed by atoms with Gasteiger partial charge in [0.1, 0.15) is 6.61 Å². The molecule has 96 valence electrons. The highest BCUT2D eigenvalue weighted by Crippen LogP contribution is 2.44. The second-order valence-electron chi connectivity index (χ2n) is 5.24. The molecule has 2 rings (SSSR count). The van der Waals surface area contributed by atoms with Gasteiger partial charge in [-0.25, -0.2) is 0 Å². The Morgan fingerprint density at radius 3 is 2.82 bits per heavy atom. The highest BCUT2D eigenvalue weighted by Gasteiger charge is 2.54. The lowest BCUT2D eigenvalue weighted by Crippen LogP contribution is -2.39. The molecular weight excluding hydrogens is 220 g/mol. The van der Waals surface area contributed by atoms with Gasteiger partial charge in [0.2, 0.25) is 11.8 Å². The van der Waals surface area contributed by atoms with Gasteiger partial charge in [-0.2, -0.15) is 0 Å². The summed E-state index contributed by atoms with van der Waals surface area (Å²) < 4.78 is 4.86. The molecule has 0 aromatic heterocycles. The number of carbonyl (C=O) groups excluding carboxylic acids is 2. The van der Waals surface area contributed by atoms with E-state index in [0.717, 1.165) is 13.0 Å². The molecule has 2 saturated heterocycles. The van der Waals surface area contributed by atoms with E-state index < -0.39 is 0 Å². The van der Waals surface area contributed by atoms with Crippen molar-refractivity contribution < 1.29 is 14.3 Å². The van der Waals surface area contributed by atoms with Gasteiger partial charge in [0.25, 0.3) is 0 Å². The van der Waals surface area contributed by atoms with Crippen LogP contribution in [-0.2, 0) is 14.3 Å². The standard InChI is InChI=1S/C12H20N2O3/c1-9-6-14(10(15)7-17-3)8-12(9)4-5-13(2)11(12)16/h9H,4-8H2,1-3H3/t9-,12-/m1/s1. The van der Waals surface area contributed by atoms with E-state index in [2.05, 4.69) is 6.92 Å². The third-order valence-electron chi connectivity index (χ3n) is 4.20. The highest BCUT2D eigenvalue weighted by molar-refractivity contribution is 5.87. The number of ether oxygens (including phenoxy) is 1. The quantitative estimate of drug-likeness (QED) is 0.680. The van der Waals surface area contributed by atoms with Crippen LogP contribution in [0, 0.1) is 11.3 Å². The van der Waals surface area contributed by atoms with E-state index in [1.54, 1.807) is 9.80 Å². The second kappa shape index (κ2) is 4.29. The summed E-state index contributed by atoms with van der Waals surface area (Å²) in [5, 5.41) is 0. The van der Waals surface area contributed by atoms with E-state index in [4.69, 9.17) is 4.74 Å². The van der Waals surface area contributed by atoms with Gasteiger partial charge in [0, 0.05) is 33.8 Å². The molecule has 2 fully saturated rings. The van der Waals surface area contributed by atoms with Crippen molar-refractivity contribution in [2.45, 2.75) is 13.3 Å². The molecule has 5 heteroatoms. The summed E-state index contributed by atoms with van der Waals surface area (Å²) in [7, 11) is 3.35. The lowest BCUT2D eigenvalue weighted by atomic mass is 9.78. The van der Waals surface area contributed by atoms with Crippen LogP contribution in [0.25, 0.3) is 0 Å². The summed E-state index contributed by atoms with van der Waals surface area (Å²) >= 11 is 0. The van der Waals surface area contributed by atoms with E-state index >= 15 is 0 Å². The molecule has 2 heterocycles. The van der Waals surface area contributed by atoms with E-state index in [9.17, 15) is 9.59 Å². The molecule has 5 nitrogen and oxygen atoms in total. The van der Waals surface area contributed by atoms with Crippen LogP contribution in [0.1, 0.15) is 13.3 Å². The van der Waals surface area contributed by atoms with Crippen LogP contribution in [-0.4, -0.2) is 62.0 Å². The van der Waals surface area contributed by atoms with Gasteiger partial charge in [-0.3, -0.25) is 9.59 Å². The fourth-order valence-electron chi connectivity index (χ4n) is 3.03. The lowest BCUT2D eigenvalue weighted by Gasteiger charge is -2.25. The Bertz CT molecular complexity index is 345. The second-order valence-corrected chi connectivity index (χ2v) is 5.24. The molecule has 0 saturated carbocycles. The first kappa shape index (κ1) is 12.4. The van der Waals surface area contributed by atoms with E-state index in [1.807, 2.05) is 7.05 Å². The minimum absolute atomic E-state index is 0.0152. The molecule has 0 unspecified atom stereocenters. The predicted octanol–water partition coefficient (Wildman–Crippen LogP) is -0.0404. The van der Waals surface area contributed by atoms with E-state index in [-0.39, 0.29) is 29.8 Å². The molecule has 2 amide bonds. The minimum Gasteiger partial charge on any atom is -0.375 e. The number of hydrogen-bond donors (Lipinski definition) is 0. The molecule has 0 N–H and O–H groups in total. The summed E-state index contributed by atoms with van der Waals surface area (Å²) in [6, 6.07) is 0. The van der Waals surface area contributed by atoms with Crippen molar-refractivity contribution >= 4 is 11.8 Å². The SMILES string of the molecule is COCC(=O)N1C[C@@H](C)[C@@]2(CCN(C)C2=O)C1. The lowest BCUT2D eigenvalue weighted by molar-refractivity contribution is -0.137. The summed E-state index contributed by atoms with van der Waals surface area (Å²) in [6.07, 6.45) is 0.861. The molecule has 2 aliphatic heterocycles. The molecule has 1 spiro atoms.